The van der Waals surface area contributed by atoms with E-state index in [4.69, 9.17) is 0 Å². The maximum Gasteiger partial charge on any atom is 0.267 e. The van der Waals surface area contributed by atoms with Gasteiger partial charge in [-0.3, -0.25) is 4.79 Å². The van der Waals surface area contributed by atoms with Crippen molar-refractivity contribution in [2.75, 3.05) is 44.2 Å². The molecule has 0 spiro atoms. The Bertz CT molecular complexity index is 662. The lowest BCUT2D eigenvalue weighted by molar-refractivity contribution is 0.0940. The van der Waals surface area contributed by atoms with Gasteiger partial charge in [-0.15, -0.1) is 0 Å². The first kappa shape index (κ1) is 17.8. The minimum atomic E-state index is -3.51. The lowest BCUT2D eigenvalue weighted by atomic mass is 10.00. The molecule has 7 nitrogen and oxygen atoms in total. The Labute approximate surface area is 147 Å². The molecule has 0 bridgehead atoms. The minimum absolute atomic E-state index is 0.166. The smallest absolute Gasteiger partial charge is 0.267 e. The molecule has 0 aromatic carbocycles. The standard InChI is InChI=1S/C15H24N4O3S2/c20-15(18-10-12-2-1-3-16-9-12)14-8-13(11-17-14)24(21,22)19-4-6-23-7-5-19/h8,11-12,16-17H,1-7,9-10H2,(H,18,20). The van der Waals surface area contributed by atoms with Crippen molar-refractivity contribution in [1.29, 1.82) is 0 Å². The number of aromatic nitrogens is 1. The highest BCUT2D eigenvalue weighted by Gasteiger charge is 2.27. The van der Waals surface area contributed by atoms with Crippen LogP contribution in [0.15, 0.2) is 17.2 Å². The number of hydrogen-bond donors (Lipinski definition) is 3. The number of nitrogens with one attached hydrogen (secondary N) is 3. The van der Waals surface area contributed by atoms with Crippen molar-refractivity contribution in [2.45, 2.75) is 17.7 Å². The Morgan fingerprint density at radius 1 is 1.38 bits per heavy atom. The number of aromatic amines is 1. The lowest BCUT2D eigenvalue weighted by Crippen LogP contribution is -2.38. The molecule has 3 rings (SSSR count). The highest BCUT2D eigenvalue weighted by molar-refractivity contribution is 7.99. The second kappa shape index (κ2) is 7.90. The van der Waals surface area contributed by atoms with E-state index < -0.39 is 10.0 Å². The van der Waals surface area contributed by atoms with E-state index >= 15 is 0 Å². The number of carbonyl (C=O) groups excluding carboxylic acids is 1. The Kier molecular flexibility index (Phi) is 5.85. The van der Waals surface area contributed by atoms with Crippen molar-refractivity contribution in [2.24, 2.45) is 5.92 Å². The monoisotopic (exact) mass is 372 g/mol. The fourth-order valence-corrected chi connectivity index (χ4v) is 5.59. The second-order valence-electron chi connectivity index (χ2n) is 6.19. The van der Waals surface area contributed by atoms with E-state index in [0.717, 1.165) is 37.4 Å². The molecule has 1 aromatic rings. The van der Waals surface area contributed by atoms with Crippen LogP contribution in [0.3, 0.4) is 0 Å². The van der Waals surface area contributed by atoms with Crippen LogP contribution in [-0.4, -0.2) is 67.8 Å². The zero-order valence-corrected chi connectivity index (χ0v) is 15.2. The minimum Gasteiger partial charge on any atom is -0.356 e. The summed E-state index contributed by atoms with van der Waals surface area (Å²) in [6.07, 6.45) is 3.64. The number of amides is 1. The van der Waals surface area contributed by atoms with Crippen LogP contribution >= 0.6 is 11.8 Å². The molecular weight excluding hydrogens is 348 g/mol. The fourth-order valence-electron chi connectivity index (χ4n) is 3.02. The van der Waals surface area contributed by atoms with Crippen LogP contribution in [0.5, 0.6) is 0 Å². The lowest BCUT2D eigenvalue weighted by Gasteiger charge is -2.24. The quantitative estimate of drug-likeness (QED) is 0.699. The van der Waals surface area contributed by atoms with Crippen LogP contribution in [0.4, 0.5) is 0 Å². The van der Waals surface area contributed by atoms with E-state index in [2.05, 4.69) is 15.6 Å². The maximum absolute atomic E-state index is 12.6. The third kappa shape index (κ3) is 4.14. The molecule has 2 fully saturated rings. The van der Waals surface area contributed by atoms with Crippen LogP contribution < -0.4 is 10.6 Å². The molecule has 2 saturated heterocycles. The van der Waals surface area contributed by atoms with Crippen LogP contribution in [0.2, 0.25) is 0 Å². The van der Waals surface area contributed by atoms with Crippen molar-refractivity contribution >= 4 is 27.7 Å². The summed E-state index contributed by atoms with van der Waals surface area (Å²) in [6.45, 7) is 3.61. The molecule has 0 radical (unpaired) electrons. The molecular formula is C15H24N4O3S2. The van der Waals surface area contributed by atoms with Crippen LogP contribution in [0.25, 0.3) is 0 Å². The molecule has 2 aliphatic rings. The van der Waals surface area contributed by atoms with Gasteiger partial charge < -0.3 is 15.6 Å². The van der Waals surface area contributed by atoms with E-state index in [1.54, 1.807) is 11.8 Å². The molecule has 3 N–H and O–H groups in total. The Hall–Kier alpha value is -1.03. The highest BCUT2D eigenvalue weighted by atomic mass is 32.2. The number of piperidine rings is 1. The van der Waals surface area contributed by atoms with Crippen LogP contribution in [0, 0.1) is 5.92 Å². The van der Waals surface area contributed by atoms with E-state index in [1.165, 1.54) is 16.6 Å². The molecule has 1 atom stereocenters. The normalized spacial score (nSPS) is 23.1. The van der Waals surface area contributed by atoms with Crippen molar-refractivity contribution in [3.8, 4) is 0 Å². The molecule has 1 unspecified atom stereocenters. The number of H-pyrrole nitrogens is 1. The van der Waals surface area contributed by atoms with Gasteiger partial charge in [-0.05, 0) is 37.9 Å². The van der Waals surface area contributed by atoms with Gasteiger partial charge in [-0.1, -0.05) is 0 Å². The summed E-state index contributed by atoms with van der Waals surface area (Å²) in [4.78, 5) is 15.2. The van der Waals surface area contributed by atoms with Gasteiger partial charge in [-0.25, -0.2) is 8.42 Å². The molecule has 0 saturated carbocycles. The predicted molar refractivity (Wildman–Crippen MR) is 94.8 cm³/mol. The number of thioether (sulfide) groups is 1. The number of carbonyl (C=O) groups is 1. The van der Waals surface area contributed by atoms with Gasteiger partial charge >= 0.3 is 0 Å². The van der Waals surface area contributed by atoms with E-state index in [-0.39, 0.29) is 10.8 Å². The molecule has 9 heteroatoms. The Morgan fingerprint density at radius 3 is 2.88 bits per heavy atom. The zero-order valence-electron chi connectivity index (χ0n) is 13.6. The third-order valence-electron chi connectivity index (χ3n) is 4.46. The van der Waals surface area contributed by atoms with Gasteiger partial charge in [0.25, 0.3) is 5.91 Å². The number of hydrogen-bond acceptors (Lipinski definition) is 5. The highest BCUT2D eigenvalue weighted by Crippen LogP contribution is 2.20. The maximum atomic E-state index is 12.6. The van der Waals surface area contributed by atoms with Crippen molar-refractivity contribution in [3.63, 3.8) is 0 Å². The van der Waals surface area contributed by atoms with Crippen molar-refractivity contribution < 1.29 is 13.2 Å². The Morgan fingerprint density at radius 2 is 2.17 bits per heavy atom. The van der Waals surface area contributed by atoms with Crippen molar-refractivity contribution in [3.05, 3.63) is 18.0 Å². The average molecular weight is 373 g/mol. The number of nitrogens with zero attached hydrogens (tertiary/aromatic N) is 1. The topological polar surface area (TPSA) is 94.3 Å². The SMILES string of the molecule is O=C(NCC1CCCNC1)c1cc(S(=O)(=O)N2CCSCC2)c[nH]1. The van der Waals surface area contributed by atoms with Gasteiger partial charge in [0.2, 0.25) is 10.0 Å². The van der Waals surface area contributed by atoms with E-state index in [9.17, 15) is 13.2 Å². The summed E-state index contributed by atoms with van der Waals surface area (Å²) < 4.78 is 26.7. The molecule has 3 heterocycles. The largest absolute Gasteiger partial charge is 0.356 e. The molecule has 134 valence electrons. The Balaban J connectivity index is 1.60. The summed E-state index contributed by atoms with van der Waals surface area (Å²) in [5.41, 5.74) is 0.295. The number of sulfonamides is 1. The second-order valence-corrected chi connectivity index (χ2v) is 9.35. The molecule has 24 heavy (non-hydrogen) atoms. The van der Waals surface area contributed by atoms with E-state index in [1.807, 2.05) is 0 Å². The summed E-state index contributed by atoms with van der Waals surface area (Å²) in [5.74, 6) is 1.81. The van der Waals surface area contributed by atoms with Crippen LogP contribution in [-0.2, 0) is 10.0 Å². The van der Waals surface area contributed by atoms with Gasteiger partial charge in [0, 0.05) is 37.3 Å². The fraction of sp³-hybridized carbons (Fsp3) is 0.667. The van der Waals surface area contributed by atoms with Gasteiger partial charge in [-0.2, -0.15) is 16.1 Å². The van der Waals surface area contributed by atoms with Crippen LogP contribution in [0.1, 0.15) is 23.3 Å². The first-order valence-electron chi connectivity index (χ1n) is 8.32. The van der Waals surface area contributed by atoms with Gasteiger partial charge in [0.1, 0.15) is 10.6 Å². The number of rotatable bonds is 5. The van der Waals surface area contributed by atoms with Gasteiger partial charge in [0.15, 0.2) is 0 Å². The summed E-state index contributed by atoms with van der Waals surface area (Å²) >= 11 is 1.76. The van der Waals surface area contributed by atoms with Crippen molar-refractivity contribution in [1.82, 2.24) is 19.9 Å². The average Bonchev–Trinajstić information content (AvgIpc) is 3.12. The zero-order chi connectivity index (χ0) is 17.0. The first-order valence-corrected chi connectivity index (χ1v) is 10.9. The summed E-state index contributed by atoms with van der Waals surface area (Å²) in [6, 6.07) is 1.44. The molecule has 2 aliphatic heterocycles. The molecule has 0 aliphatic carbocycles. The predicted octanol–water partition coefficient (Wildman–Crippen LogP) is 0.482. The van der Waals surface area contributed by atoms with E-state index in [0.29, 0.717) is 31.2 Å². The third-order valence-corrected chi connectivity index (χ3v) is 7.28. The summed E-state index contributed by atoms with van der Waals surface area (Å²) in [7, 11) is -3.51. The molecule has 1 amide bonds. The van der Waals surface area contributed by atoms with Gasteiger partial charge in [0.05, 0.1) is 0 Å². The first-order chi connectivity index (χ1) is 11.6. The summed E-state index contributed by atoms with van der Waals surface area (Å²) in [5, 5.41) is 6.20. The molecule has 1 aromatic heterocycles.